The molecule has 34 heavy (non-hydrogen) atoms. The largest absolute Gasteiger partial charge is 0.465 e. The number of methoxy groups -OCH3 is 1. The van der Waals surface area contributed by atoms with Crippen LogP contribution in [0.2, 0.25) is 0 Å². The van der Waals surface area contributed by atoms with Crippen LogP contribution < -0.4 is 0 Å². The van der Waals surface area contributed by atoms with Crippen LogP contribution in [0, 0.1) is 0 Å². The summed E-state index contributed by atoms with van der Waals surface area (Å²) in [5.41, 5.74) is 2.39. The van der Waals surface area contributed by atoms with Crippen LogP contribution >= 0.6 is 12.4 Å². The van der Waals surface area contributed by atoms with Crippen molar-refractivity contribution in [3.05, 3.63) is 29.6 Å². The molecule has 1 N–H and O–H groups in total. The molecule has 0 fully saturated rings. The minimum atomic E-state index is -0.309. The molecule has 1 aromatic heterocycles. The topological polar surface area (TPSA) is 55.0 Å². The normalized spacial score (nSPS) is 11.0. The number of carbonyl (C=O) groups excluding carboxylic acids is 1. The highest BCUT2D eigenvalue weighted by atomic mass is 35.5. The molecule has 0 radical (unpaired) electrons. The fourth-order valence-electron chi connectivity index (χ4n) is 4.62. The van der Waals surface area contributed by atoms with Crippen molar-refractivity contribution in [1.82, 2.24) is 9.97 Å². The van der Waals surface area contributed by atoms with E-state index in [0.29, 0.717) is 5.56 Å². The van der Waals surface area contributed by atoms with Gasteiger partial charge in [0.15, 0.2) is 0 Å². The predicted octanol–water partition coefficient (Wildman–Crippen LogP) is 9.36. The number of fused-ring (bicyclic) bond motifs is 1. The SMILES string of the molecule is CCCCCCCCCCCCCCCCCCCCc1nc2ccc(C(=O)OC)cc2[nH]1.Cl. The second kappa shape index (κ2) is 19.7. The number of esters is 1. The van der Waals surface area contributed by atoms with Gasteiger partial charge < -0.3 is 9.72 Å². The van der Waals surface area contributed by atoms with Gasteiger partial charge in [-0.15, -0.1) is 12.4 Å². The summed E-state index contributed by atoms with van der Waals surface area (Å²) in [5.74, 6) is 0.708. The minimum absolute atomic E-state index is 0. The highest BCUT2D eigenvalue weighted by Crippen LogP contribution is 2.17. The monoisotopic (exact) mass is 492 g/mol. The molecule has 0 bridgehead atoms. The van der Waals surface area contributed by atoms with E-state index in [1.54, 1.807) is 6.07 Å². The molecule has 4 nitrogen and oxygen atoms in total. The van der Waals surface area contributed by atoms with Crippen LogP contribution in [-0.2, 0) is 11.2 Å². The highest BCUT2D eigenvalue weighted by Gasteiger charge is 2.09. The molecule has 0 aliphatic carbocycles. The molecular formula is C29H49ClN2O2. The molecule has 0 saturated carbocycles. The second-order valence-corrected chi connectivity index (χ2v) is 9.67. The van der Waals surface area contributed by atoms with Crippen molar-refractivity contribution in [1.29, 1.82) is 0 Å². The fourth-order valence-corrected chi connectivity index (χ4v) is 4.62. The summed E-state index contributed by atoms with van der Waals surface area (Å²) in [6.45, 7) is 2.29. The molecule has 0 aliphatic rings. The van der Waals surface area contributed by atoms with Gasteiger partial charge >= 0.3 is 5.97 Å². The van der Waals surface area contributed by atoms with Gasteiger partial charge in [0.2, 0.25) is 0 Å². The zero-order chi connectivity index (χ0) is 23.6. The van der Waals surface area contributed by atoms with Gasteiger partial charge in [-0.2, -0.15) is 0 Å². The van der Waals surface area contributed by atoms with Crippen LogP contribution in [-0.4, -0.2) is 23.0 Å². The number of imidazole rings is 1. The number of carbonyl (C=O) groups is 1. The maximum Gasteiger partial charge on any atom is 0.337 e. The van der Waals surface area contributed by atoms with E-state index < -0.39 is 0 Å². The number of aromatic nitrogens is 2. The molecule has 0 atom stereocenters. The number of unbranched alkanes of at least 4 members (excludes halogenated alkanes) is 17. The van der Waals surface area contributed by atoms with Crippen molar-refractivity contribution in [2.75, 3.05) is 7.11 Å². The molecule has 0 aliphatic heterocycles. The lowest BCUT2D eigenvalue weighted by atomic mass is 10.0. The molecule has 194 valence electrons. The Morgan fingerprint density at radius 1 is 0.765 bits per heavy atom. The molecule has 0 saturated heterocycles. The number of benzene rings is 1. The van der Waals surface area contributed by atoms with Gasteiger partial charge in [-0.05, 0) is 24.6 Å². The standard InChI is InChI=1S/C29H48N2O2.ClH/c1-3-4-5-6-7-8-9-10-11-12-13-14-15-16-17-18-19-20-21-28-30-26-23-22-25(29(32)33-2)24-27(26)31-28;/h22-24H,3-21H2,1-2H3,(H,30,31);1H. The Bertz CT molecular complexity index is 775. The summed E-state index contributed by atoms with van der Waals surface area (Å²) in [7, 11) is 1.41. The van der Waals surface area contributed by atoms with Gasteiger partial charge in [0, 0.05) is 6.42 Å². The Hall–Kier alpha value is -1.55. The lowest BCUT2D eigenvalue weighted by Gasteiger charge is -2.03. The van der Waals surface area contributed by atoms with Gasteiger partial charge in [-0.25, -0.2) is 9.78 Å². The summed E-state index contributed by atoms with van der Waals surface area (Å²) in [4.78, 5) is 19.7. The van der Waals surface area contributed by atoms with E-state index in [4.69, 9.17) is 4.74 Å². The van der Waals surface area contributed by atoms with Crippen molar-refractivity contribution in [3.8, 4) is 0 Å². The van der Waals surface area contributed by atoms with E-state index in [0.717, 1.165) is 23.3 Å². The van der Waals surface area contributed by atoms with Gasteiger partial charge in [0.05, 0.1) is 23.7 Å². The first-order valence-electron chi connectivity index (χ1n) is 13.8. The first-order chi connectivity index (χ1) is 16.2. The van der Waals surface area contributed by atoms with Gasteiger partial charge in [-0.3, -0.25) is 0 Å². The number of nitrogens with zero attached hydrogens (tertiary/aromatic N) is 1. The Morgan fingerprint density at radius 2 is 1.24 bits per heavy atom. The lowest BCUT2D eigenvalue weighted by molar-refractivity contribution is 0.0601. The van der Waals surface area contributed by atoms with E-state index >= 15 is 0 Å². The third kappa shape index (κ3) is 12.8. The number of H-pyrrole nitrogens is 1. The lowest BCUT2D eigenvalue weighted by Crippen LogP contribution is -2.00. The molecule has 1 heterocycles. The number of aryl methyl sites for hydroxylation is 1. The smallest absolute Gasteiger partial charge is 0.337 e. The Balaban J connectivity index is 0.00000578. The average molecular weight is 493 g/mol. The van der Waals surface area contributed by atoms with Crippen molar-refractivity contribution in [3.63, 3.8) is 0 Å². The molecule has 0 unspecified atom stereocenters. The van der Waals surface area contributed by atoms with Gasteiger partial charge in [0.25, 0.3) is 0 Å². The molecule has 1 aromatic carbocycles. The number of hydrogen-bond donors (Lipinski definition) is 1. The van der Waals surface area contributed by atoms with E-state index in [1.165, 1.54) is 123 Å². The number of nitrogens with one attached hydrogen (secondary N) is 1. The van der Waals surface area contributed by atoms with Crippen LogP contribution in [0.15, 0.2) is 18.2 Å². The predicted molar refractivity (Wildman–Crippen MR) is 147 cm³/mol. The molecule has 2 rings (SSSR count). The van der Waals surface area contributed by atoms with E-state index in [9.17, 15) is 4.79 Å². The molecule has 0 amide bonds. The van der Waals surface area contributed by atoms with Crippen LogP contribution in [0.3, 0.4) is 0 Å². The third-order valence-electron chi connectivity index (χ3n) is 6.72. The number of aromatic amines is 1. The maximum atomic E-state index is 11.7. The van der Waals surface area contributed by atoms with Gasteiger partial charge in [0.1, 0.15) is 5.82 Å². The second-order valence-electron chi connectivity index (χ2n) is 9.67. The average Bonchev–Trinajstić information content (AvgIpc) is 3.24. The van der Waals surface area contributed by atoms with Gasteiger partial charge in [-0.1, -0.05) is 116 Å². The van der Waals surface area contributed by atoms with E-state index in [-0.39, 0.29) is 18.4 Å². The quantitative estimate of drug-likeness (QED) is 0.148. The fraction of sp³-hybridized carbons (Fsp3) is 0.724. The molecule has 2 aromatic rings. The Morgan fingerprint density at radius 3 is 1.71 bits per heavy atom. The third-order valence-corrected chi connectivity index (χ3v) is 6.72. The summed E-state index contributed by atoms with van der Waals surface area (Å²) in [6, 6.07) is 5.49. The molecule has 5 heteroatoms. The van der Waals surface area contributed by atoms with Crippen LogP contribution in [0.4, 0.5) is 0 Å². The highest BCUT2D eigenvalue weighted by molar-refractivity contribution is 5.93. The Kier molecular flexibility index (Phi) is 17.7. The number of halogens is 1. The summed E-state index contributed by atoms with van der Waals surface area (Å²) in [6.07, 6.45) is 26.1. The zero-order valence-corrected chi connectivity index (χ0v) is 22.7. The number of rotatable bonds is 20. The van der Waals surface area contributed by atoms with Crippen molar-refractivity contribution in [2.24, 2.45) is 0 Å². The van der Waals surface area contributed by atoms with E-state index in [2.05, 4.69) is 16.9 Å². The molecular weight excluding hydrogens is 444 g/mol. The van der Waals surface area contributed by atoms with Crippen LogP contribution in [0.25, 0.3) is 11.0 Å². The van der Waals surface area contributed by atoms with Crippen LogP contribution in [0.1, 0.15) is 139 Å². The summed E-state index contributed by atoms with van der Waals surface area (Å²) >= 11 is 0. The molecule has 0 spiro atoms. The Labute approximate surface area is 214 Å². The van der Waals surface area contributed by atoms with Crippen molar-refractivity contribution in [2.45, 2.75) is 129 Å². The van der Waals surface area contributed by atoms with Crippen molar-refractivity contribution >= 4 is 29.4 Å². The summed E-state index contributed by atoms with van der Waals surface area (Å²) < 4.78 is 4.79. The number of ether oxygens (including phenoxy) is 1. The van der Waals surface area contributed by atoms with Crippen molar-refractivity contribution < 1.29 is 9.53 Å². The first-order valence-corrected chi connectivity index (χ1v) is 13.8. The van der Waals surface area contributed by atoms with Crippen LogP contribution in [0.5, 0.6) is 0 Å². The van der Waals surface area contributed by atoms with E-state index in [1.807, 2.05) is 12.1 Å². The maximum absolute atomic E-state index is 11.7. The first kappa shape index (κ1) is 30.5. The summed E-state index contributed by atoms with van der Waals surface area (Å²) in [5, 5.41) is 0. The zero-order valence-electron chi connectivity index (χ0n) is 21.8. The number of hydrogen-bond acceptors (Lipinski definition) is 3. The minimum Gasteiger partial charge on any atom is -0.465 e.